The second-order valence-electron chi connectivity index (χ2n) is 7.36. The average molecular weight is 370 g/mol. The first-order valence-electron chi connectivity index (χ1n) is 9.47. The predicted molar refractivity (Wildman–Crippen MR) is 103 cm³/mol. The van der Waals surface area contributed by atoms with Gasteiger partial charge in [0, 0.05) is 39.3 Å². The fraction of sp³-hybridized carbons (Fsp3) is 0.526. The lowest BCUT2D eigenvalue weighted by atomic mass is 10.1. The van der Waals surface area contributed by atoms with E-state index in [0.29, 0.717) is 18.7 Å². The van der Waals surface area contributed by atoms with E-state index < -0.39 is 0 Å². The van der Waals surface area contributed by atoms with Crippen LogP contribution in [0.4, 0.5) is 11.8 Å². The Hall–Kier alpha value is -2.61. The van der Waals surface area contributed by atoms with Crippen molar-refractivity contribution < 1.29 is 9.47 Å². The van der Waals surface area contributed by atoms with Gasteiger partial charge >= 0.3 is 0 Å². The molecule has 27 heavy (non-hydrogen) atoms. The molecular weight excluding hydrogens is 344 g/mol. The number of piperazine rings is 1. The molecule has 0 radical (unpaired) electrons. The Labute approximate surface area is 159 Å². The van der Waals surface area contributed by atoms with E-state index in [1.807, 2.05) is 6.07 Å². The van der Waals surface area contributed by atoms with Gasteiger partial charge in [-0.1, -0.05) is 19.9 Å². The molecule has 0 amide bonds. The van der Waals surface area contributed by atoms with Crippen LogP contribution in [0.1, 0.15) is 19.4 Å². The number of aromatic nitrogens is 3. The molecule has 0 saturated carbocycles. The van der Waals surface area contributed by atoms with Gasteiger partial charge in [-0.2, -0.15) is 10.1 Å². The van der Waals surface area contributed by atoms with Gasteiger partial charge in [0.05, 0.1) is 6.20 Å². The van der Waals surface area contributed by atoms with E-state index in [1.54, 1.807) is 6.20 Å². The summed E-state index contributed by atoms with van der Waals surface area (Å²) >= 11 is 0. The van der Waals surface area contributed by atoms with Crippen LogP contribution in [0.3, 0.4) is 0 Å². The number of fused-ring (bicyclic) bond motifs is 1. The summed E-state index contributed by atoms with van der Waals surface area (Å²) in [4.78, 5) is 9.32. The summed E-state index contributed by atoms with van der Waals surface area (Å²) in [7, 11) is 0. The second kappa shape index (κ2) is 7.96. The smallest absolute Gasteiger partial charge is 0.244 e. The quantitative estimate of drug-likeness (QED) is 0.827. The molecule has 1 aromatic carbocycles. The number of nitrogens with zero attached hydrogens (tertiary/aromatic N) is 5. The van der Waals surface area contributed by atoms with Crippen LogP contribution in [0.25, 0.3) is 0 Å². The topological polar surface area (TPSA) is 75.6 Å². The van der Waals surface area contributed by atoms with Crippen molar-refractivity contribution in [2.24, 2.45) is 5.92 Å². The molecule has 2 aliphatic heterocycles. The van der Waals surface area contributed by atoms with E-state index in [4.69, 9.17) is 9.47 Å². The maximum atomic E-state index is 5.47. The van der Waals surface area contributed by atoms with Gasteiger partial charge < -0.3 is 19.7 Å². The normalized spacial score (nSPS) is 16.8. The van der Waals surface area contributed by atoms with Crippen LogP contribution in [0, 0.1) is 5.92 Å². The molecule has 2 aromatic rings. The first kappa shape index (κ1) is 17.8. The van der Waals surface area contributed by atoms with Gasteiger partial charge in [0.2, 0.25) is 12.7 Å². The van der Waals surface area contributed by atoms with Gasteiger partial charge in [-0.25, -0.2) is 0 Å². The Morgan fingerprint density at radius 1 is 1.11 bits per heavy atom. The van der Waals surface area contributed by atoms with E-state index >= 15 is 0 Å². The van der Waals surface area contributed by atoms with Crippen LogP contribution in [0.5, 0.6) is 11.5 Å². The van der Waals surface area contributed by atoms with Crippen molar-refractivity contribution in [1.82, 2.24) is 20.1 Å². The number of hydrogen-bond donors (Lipinski definition) is 1. The van der Waals surface area contributed by atoms with Crippen molar-refractivity contribution in [3.05, 3.63) is 30.0 Å². The summed E-state index contributed by atoms with van der Waals surface area (Å²) in [5.41, 5.74) is 1.25. The van der Waals surface area contributed by atoms with E-state index in [2.05, 4.69) is 56.3 Å². The highest BCUT2D eigenvalue weighted by Crippen LogP contribution is 2.32. The predicted octanol–water partition coefficient (Wildman–Crippen LogP) is 1.99. The van der Waals surface area contributed by atoms with Crippen LogP contribution in [0.15, 0.2) is 24.4 Å². The Kier molecular flexibility index (Phi) is 5.24. The molecule has 1 fully saturated rings. The summed E-state index contributed by atoms with van der Waals surface area (Å²) in [6, 6.07) is 6.18. The highest BCUT2D eigenvalue weighted by Gasteiger charge is 2.20. The highest BCUT2D eigenvalue weighted by molar-refractivity contribution is 5.44. The molecule has 0 atom stereocenters. The maximum Gasteiger partial charge on any atom is 0.244 e. The summed E-state index contributed by atoms with van der Waals surface area (Å²) in [6.45, 7) is 10.2. The van der Waals surface area contributed by atoms with Crippen LogP contribution in [-0.2, 0) is 6.54 Å². The summed E-state index contributed by atoms with van der Waals surface area (Å²) in [6.07, 6.45) is 1.74. The van der Waals surface area contributed by atoms with E-state index in [0.717, 1.165) is 56.6 Å². The van der Waals surface area contributed by atoms with Crippen molar-refractivity contribution in [3.8, 4) is 11.5 Å². The third-order valence-corrected chi connectivity index (χ3v) is 4.75. The number of ether oxygens (including phenoxy) is 2. The monoisotopic (exact) mass is 370 g/mol. The van der Waals surface area contributed by atoms with Gasteiger partial charge in [0.1, 0.15) is 0 Å². The molecule has 0 spiro atoms. The fourth-order valence-corrected chi connectivity index (χ4v) is 3.25. The summed E-state index contributed by atoms with van der Waals surface area (Å²) in [5.74, 6) is 3.71. The molecular formula is C19H26N6O2. The molecule has 0 bridgehead atoms. The first-order chi connectivity index (χ1) is 13.2. The van der Waals surface area contributed by atoms with E-state index in [9.17, 15) is 0 Å². The number of anilines is 2. The molecule has 2 aliphatic rings. The van der Waals surface area contributed by atoms with Gasteiger partial charge in [-0.05, 0) is 23.6 Å². The van der Waals surface area contributed by atoms with Crippen LogP contribution < -0.4 is 19.7 Å². The molecule has 8 heteroatoms. The molecule has 0 aliphatic carbocycles. The minimum atomic E-state index is 0.318. The summed E-state index contributed by atoms with van der Waals surface area (Å²) < 4.78 is 10.9. The van der Waals surface area contributed by atoms with Crippen LogP contribution in [-0.4, -0.2) is 59.6 Å². The Morgan fingerprint density at radius 2 is 1.93 bits per heavy atom. The lowest BCUT2D eigenvalue weighted by Crippen LogP contribution is -2.46. The zero-order chi connectivity index (χ0) is 18.6. The molecule has 4 rings (SSSR count). The lowest BCUT2D eigenvalue weighted by molar-refractivity contribution is 0.174. The average Bonchev–Trinajstić information content (AvgIpc) is 3.15. The van der Waals surface area contributed by atoms with Crippen LogP contribution >= 0.6 is 0 Å². The zero-order valence-corrected chi connectivity index (χ0v) is 15.9. The van der Waals surface area contributed by atoms with Crippen molar-refractivity contribution in [3.63, 3.8) is 0 Å². The Bertz CT molecular complexity index is 777. The number of nitrogens with one attached hydrogen (secondary N) is 1. The third-order valence-electron chi connectivity index (χ3n) is 4.75. The summed E-state index contributed by atoms with van der Waals surface area (Å²) in [5, 5.41) is 11.4. The van der Waals surface area contributed by atoms with Gasteiger partial charge in [0.15, 0.2) is 17.3 Å². The molecule has 1 aromatic heterocycles. The number of hydrogen-bond acceptors (Lipinski definition) is 8. The molecule has 1 saturated heterocycles. The van der Waals surface area contributed by atoms with Gasteiger partial charge in [0.25, 0.3) is 0 Å². The van der Waals surface area contributed by atoms with Gasteiger partial charge in [-0.3, -0.25) is 4.90 Å². The number of benzene rings is 1. The molecule has 3 heterocycles. The molecule has 1 N–H and O–H groups in total. The SMILES string of the molecule is CC(C)CNc1nncc(N2CCN(Cc3ccc4c(c3)OCO4)CC2)n1. The van der Waals surface area contributed by atoms with E-state index in [1.165, 1.54) is 5.56 Å². The standard InChI is InChI=1S/C19H26N6O2/c1-14(2)10-20-19-22-18(11-21-23-19)25-7-5-24(6-8-25)12-15-3-4-16-17(9-15)27-13-26-16/h3-4,9,11,14H,5-8,10,12-13H2,1-2H3,(H,20,22,23). The maximum absolute atomic E-state index is 5.47. The lowest BCUT2D eigenvalue weighted by Gasteiger charge is -2.35. The zero-order valence-electron chi connectivity index (χ0n) is 15.9. The van der Waals surface area contributed by atoms with Crippen LogP contribution in [0.2, 0.25) is 0 Å². The fourth-order valence-electron chi connectivity index (χ4n) is 3.25. The van der Waals surface area contributed by atoms with Crippen molar-refractivity contribution in [2.75, 3.05) is 49.7 Å². The Morgan fingerprint density at radius 3 is 2.74 bits per heavy atom. The molecule has 0 unspecified atom stereocenters. The van der Waals surface area contributed by atoms with E-state index in [-0.39, 0.29) is 0 Å². The third kappa shape index (κ3) is 4.39. The minimum absolute atomic E-state index is 0.318. The second-order valence-corrected chi connectivity index (χ2v) is 7.36. The highest BCUT2D eigenvalue weighted by atomic mass is 16.7. The minimum Gasteiger partial charge on any atom is -0.454 e. The van der Waals surface area contributed by atoms with Crippen molar-refractivity contribution in [1.29, 1.82) is 0 Å². The largest absolute Gasteiger partial charge is 0.454 e. The Balaban J connectivity index is 1.32. The number of rotatable bonds is 6. The first-order valence-corrected chi connectivity index (χ1v) is 9.47. The van der Waals surface area contributed by atoms with Crippen molar-refractivity contribution in [2.45, 2.75) is 20.4 Å². The van der Waals surface area contributed by atoms with Crippen molar-refractivity contribution >= 4 is 11.8 Å². The molecule has 144 valence electrons. The van der Waals surface area contributed by atoms with Gasteiger partial charge in [-0.15, -0.1) is 5.10 Å². The molecule has 8 nitrogen and oxygen atoms in total.